The van der Waals surface area contributed by atoms with Gasteiger partial charge >= 0.3 is 5.97 Å². The molecule has 0 heterocycles. The fourth-order valence-electron chi connectivity index (χ4n) is 1.60. The molecule has 1 rings (SSSR count). The smallest absolute Gasteiger partial charge is 0.302 e. The number of alkyl halides is 2. The first-order valence-corrected chi connectivity index (χ1v) is 6.95. The lowest BCUT2D eigenvalue weighted by Gasteiger charge is -2.21. The Kier molecular flexibility index (Phi) is 4.80. The van der Waals surface area contributed by atoms with Crippen LogP contribution in [0.3, 0.4) is 0 Å². The Morgan fingerprint density at radius 3 is 2.56 bits per heavy atom. The summed E-state index contributed by atoms with van der Waals surface area (Å²) in [4.78, 5) is 10.8. The van der Waals surface area contributed by atoms with Crippen molar-refractivity contribution in [2.75, 3.05) is 18.5 Å². The van der Waals surface area contributed by atoms with Crippen molar-refractivity contribution < 1.29 is 19.4 Å². The normalized spacial score (nSPS) is 34.6. The Hall–Kier alpha value is 0.350. The van der Waals surface area contributed by atoms with Crippen molar-refractivity contribution in [1.29, 1.82) is 0 Å². The van der Waals surface area contributed by atoms with E-state index in [9.17, 15) is 4.79 Å². The molecule has 1 aliphatic rings. The largest absolute Gasteiger partial charge is 0.465 e. The molecule has 0 saturated heterocycles. The van der Waals surface area contributed by atoms with Crippen molar-refractivity contribution >= 4 is 37.8 Å². The number of aliphatic hydroxyl groups excluding tert-OH is 1. The van der Waals surface area contributed by atoms with Gasteiger partial charge in [0, 0.05) is 22.0 Å². The SMILES string of the molecule is CC(=O)OCC1(COC(C)O)CC1(Br)CBr. The van der Waals surface area contributed by atoms with Crippen LogP contribution in [0, 0.1) is 5.41 Å². The summed E-state index contributed by atoms with van der Waals surface area (Å²) < 4.78 is 10.2. The number of halogens is 2. The molecule has 3 unspecified atom stereocenters. The summed E-state index contributed by atoms with van der Waals surface area (Å²) in [5.74, 6) is -0.298. The minimum atomic E-state index is -0.804. The highest BCUT2D eigenvalue weighted by atomic mass is 79.9. The molecule has 1 fully saturated rings. The van der Waals surface area contributed by atoms with Crippen LogP contribution in [0.1, 0.15) is 20.3 Å². The maximum Gasteiger partial charge on any atom is 0.302 e. The molecule has 1 aliphatic carbocycles. The summed E-state index contributed by atoms with van der Waals surface area (Å²) in [6.07, 6.45) is 0.0486. The van der Waals surface area contributed by atoms with Gasteiger partial charge in [-0.2, -0.15) is 0 Å². The zero-order valence-electron chi connectivity index (χ0n) is 9.33. The van der Waals surface area contributed by atoms with Crippen molar-refractivity contribution in [3.8, 4) is 0 Å². The average molecular weight is 360 g/mol. The summed E-state index contributed by atoms with van der Waals surface area (Å²) in [6, 6.07) is 0. The molecule has 0 aromatic heterocycles. The monoisotopic (exact) mass is 358 g/mol. The van der Waals surface area contributed by atoms with E-state index in [1.54, 1.807) is 6.92 Å². The molecule has 1 saturated carbocycles. The van der Waals surface area contributed by atoms with Crippen molar-refractivity contribution in [2.24, 2.45) is 5.41 Å². The molecular weight excluding hydrogens is 344 g/mol. The number of ether oxygens (including phenoxy) is 2. The van der Waals surface area contributed by atoms with Crippen molar-refractivity contribution in [3.05, 3.63) is 0 Å². The highest BCUT2D eigenvalue weighted by Crippen LogP contribution is 2.63. The van der Waals surface area contributed by atoms with Crippen molar-refractivity contribution in [2.45, 2.75) is 30.9 Å². The maximum absolute atomic E-state index is 10.8. The van der Waals surface area contributed by atoms with Crippen LogP contribution in [0.5, 0.6) is 0 Å². The third-order valence-corrected chi connectivity index (χ3v) is 5.92. The van der Waals surface area contributed by atoms with E-state index < -0.39 is 6.29 Å². The van der Waals surface area contributed by atoms with Crippen LogP contribution in [-0.2, 0) is 14.3 Å². The molecule has 0 aliphatic heterocycles. The van der Waals surface area contributed by atoms with E-state index in [0.29, 0.717) is 13.2 Å². The lowest BCUT2D eigenvalue weighted by atomic mass is 10.1. The van der Waals surface area contributed by atoms with Crippen molar-refractivity contribution in [3.63, 3.8) is 0 Å². The van der Waals surface area contributed by atoms with Crippen LogP contribution in [0.2, 0.25) is 0 Å². The van der Waals surface area contributed by atoms with Crippen LogP contribution >= 0.6 is 31.9 Å². The molecule has 0 amide bonds. The van der Waals surface area contributed by atoms with Gasteiger partial charge in [-0.05, 0) is 13.3 Å². The molecule has 6 heteroatoms. The van der Waals surface area contributed by atoms with Crippen LogP contribution in [0.4, 0.5) is 0 Å². The van der Waals surface area contributed by atoms with E-state index in [-0.39, 0.29) is 15.7 Å². The molecule has 0 aromatic carbocycles. The molecule has 1 N–H and O–H groups in total. The highest BCUT2D eigenvalue weighted by molar-refractivity contribution is 9.12. The van der Waals surface area contributed by atoms with Crippen LogP contribution in [0.15, 0.2) is 0 Å². The second-order valence-corrected chi connectivity index (χ2v) is 6.33. The third kappa shape index (κ3) is 3.18. The molecule has 4 nitrogen and oxygen atoms in total. The number of esters is 1. The van der Waals surface area contributed by atoms with Crippen LogP contribution in [-0.4, -0.2) is 40.2 Å². The Labute approximate surface area is 112 Å². The minimum absolute atomic E-state index is 0.107. The molecule has 0 radical (unpaired) electrons. The number of hydrogen-bond acceptors (Lipinski definition) is 4. The summed E-state index contributed by atoms with van der Waals surface area (Å²) >= 11 is 7.03. The minimum Gasteiger partial charge on any atom is -0.465 e. The molecule has 94 valence electrons. The van der Waals surface area contributed by atoms with Gasteiger partial charge < -0.3 is 14.6 Å². The summed E-state index contributed by atoms with van der Waals surface area (Å²) in [6.45, 7) is 3.63. The topological polar surface area (TPSA) is 55.8 Å². The first-order chi connectivity index (χ1) is 7.35. The number of carbonyl (C=O) groups is 1. The quantitative estimate of drug-likeness (QED) is 0.446. The molecular formula is C10H16Br2O4. The predicted octanol–water partition coefficient (Wildman–Crippen LogP) is 1.82. The van der Waals surface area contributed by atoms with E-state index in [0.717, 1.165) is 11.8 Å². The van der Waals surface area contributed by atoms with E-state index in [4.69, 9.17) is 14.6 Å². The Morgan fingerprint density at radius 2 is 2.19 bits per heavy atom. The van der Waals surface area contributed by atoms with Crippen molar-refractivity contribution in [1.82, 2.24) is 0 Å². The van der Waals surface area contributed by atoms with E-state index in [1.165, 1.54) is 6.92 Å². The van der Waals surface area contributed by atoms with Gasteiger partial charge in [-0.1, -0.05) is 31.9 Å². The number of hydrogen-bond donors (Lipinski definition) is 1. The molecule has 3 atom stereocenters. The number of rotatable bonds is 6. The van der Waals surface area contributed by atoms with Gasteiger partial charge in [0.25, 0.3) is 0 Å². The summed E-state index contributed by atoms with van der Waals surface area (Å²) in [5.41, 5.74) is -0.237. The first-order valence-electron chi connectivity index (χ1n) is 5.03. The fourth-order valence-corrected chi connectivity index (χ4v) is 3.16. The van der Waals surface area contributed by atoms with E-state index in [2.05, 4.69) is 31.9 Å². The Morgan fingerprint density at radius 1 is 1.56 bits per heavy atom. The predicted molar refractivity (Wildman–Crippen MR) is 66.8 cm³/mol. The summed E-state index contributed by atoms with van der Waals surface area (Å²) in [7, 11) is 0. The van der Waals surface area contributed by atoms with Gasteiger partial charge in [0.1, 0.15) is 6.61 Å². The number of aliphatic hydroxyl groups is 1. The highest BCUT2D eigenvalue weighted by Gasteiger charge is 2.66. The van der Waals surface area contributed by atoms with Crippen LogP contribution < -0.4 is 0 Å². The Balaban J connectivity index is 2.55. The standard InChI is InChI=1S/C10H16Br2O4/c1-7(13)15-5-9(6-16-8(2)14)3-10(9,12)4-11/h7,13H,3-6H2,1-2H3. The van der Waals surface area contributed by atoms with Gasteiger partial charge in [-0.25, -0.2) is 0 Å². The molecule has 0 bridgehead atoms. The molecule has 0 aromatic rings. The van der Waals surface area contributed by atoms with E-state index in [1.807, 2.05) is 0 Å². The fraction of sp³-hybridized carbons (Fsp3) is 0.900. The van der Waals surface area contributed by atoms with Gasteiger partial charge in [-0.3, -0.25) is 4.79 Å². The van der Waals surface area contributed by atoms with Gasteiger partial charge in [-0.15, -0.1) is 0 Å². The second kappa shape index (κ2) is 5.33. The zero-order valence-corrected chi connectivity index (χ0v) is 12.5. The lowest BCUT2D eigenvalue weighted by molar-refractivity contribution is -0.146. The van der Waals surface area contributed by atoms with Gasteiger partial charge in [0.05, 0.1) is 6.61 Å². The van der Waals surface area contributed by atoms with Gasteiger partial charge in [0.2, 0.25) is 0 Å². The first kappa shape index (κ1) is 14.4. The molecule has 16 heavy (non-hydrogen) atoms. The lowest BCUT2D eigenvalue weighted by Crippen LogP contribution is -2.29. The van der Waals surface area contributed by atoms with E-state index >= 15 is 0 Å². The molecule has 0 spiro atoms. The summed E-state index contributed by atoms with van der Waals surface area (Å²) in [5, 5.41) is 9.86. The zero-order chi connectivity index (χ0) is 12.4. The number of carbonyl (C=O) groups excluding carboxylic acids is 1. The van der Waals surface area contributed by atoms with Crippen LogP contribution in [0.25, 0.3) is 0 Å². The Bertz CT molecular complexity index is 272. The third-order valence-electron chi connectivity index (χ3n) is 2.81. The maximum atomic E-state index is 10.8. The second-order valence-electron chi connectivity index (χ2n) is 4.25. The average Bonchev–Trinajstić information content (AvgIpc) is 2.80. The van der Waals surface area contributed by atoms with Gasteiger partial charge in [0.15, 0.2) is 6.29 Å².